The molecule has 0 saturated carbocycles. The van der Waals surface area contributed by atoms with Crippen LogP contribution in [0.2, 0.25) is 0 Å². The molecule has 2 aromatic carbocycles. The lowest BCUT2D eigenvalue weighted by molar-refractivity contribution is 0.0693. The zero-order valence-corrected chi connectivity index (χ0v) is 9.86. The number of carbonyl (C=O) groups is 1. The Hall–Kier alpha value is -2.51. The molecule has 2 rings (SSSR count). The smallest absolute Gasteiger partial charge is 0.339 e. The fraction of sp³-hybridized carbons (Fsp3) is 0. The standard InChI is InChI=1S/C13H4F6O2/c14-5-3-1-2-4(6(5)13(20)21)7-8(15)10(17)12(19)11(18)9(7)16/h1-3H,(H,20,21). The van der Waals surface area contributed by atoms with Gasteiger partial charge in [-0.2, -0.15) is 0 Å². The maximum Gasteiger partial charge on any atom is 0.339 e. The summed E-state index contributed by atoms with van der Waals surface area (Å²) in [7, 11) is 0. The first-order chi connectivity index (χ1) is 9.77. The summed E-state index contributed by atoms with van der Waals surface area (Å²) >= 11 is 0. The Labute approximate surface area is 113 Å². The summed E-state index contributed by atoms with van der Waals surface area (Å²) in [5.41, 5.74) is -3.64. The minimum atomic E-state index is -2.39. The van der Waals surface area contributed by atoms with Crippen LogP contribution >= 0.6 is 0 Å². The first kappa shape index (κ1) is 14.9. The van der Waals surface area contributed by atoms with E-state index >= 15 is 0 Å². The van der Waals surface area contributed by atoms with Gasteiger partial charge in [-0.3, -0.25) is 0 Å². The zero-order valence-electron chi connectivity index (χ0n) is 9.86. The van der Waals surface area contributed by atoms with Gasteiger partial charge in [0.2, 0.25) is 5.82 Å². The van der Waals surface area contributed by atoms with E-state index in [1.807, 2.05) is 0 Å². The zero-order chi connectivity index (χ0) is 15.9. The summed E-state index contributed by atoms with van der Waals surface area (Å²) < 4.78 is 79.9. The summed E-state index contributed by atoms with van der Waals surface area (Å²) in [5.74, 6) is -14.6. The van der Waals surface area contributed by atoms with Gasteiger partial charge in [0, 0.05) is 5.56 Å². The second-order valence-electron chi connectivity index (χ2n) is 3.91. The van der Waals surface area contributed by atoms with Crippen molar-refractivity contribution in [1.82, 2.24) is 0 Å². The van der Waals surface area contributed by atoms with Crippen LogP contribution in [0.4, 0.5) is 26.3 Å². The van der Waals surface area contributed by atoms with Crippen molar-refractivity contribution >= 4 is 5.97 Å². The molecule has 0 saturated heterocycles. The van der Waals surface area contributed by atoms with E-state index in [2.05, 4.69) is 0 Å². The Morgan fingerprint density at radius 3 is 1.76 bits per heavy atom. The van der Waals surface area contributed by atoms with Crippen molar-refractivity contribution in [3.8, 4) is 11.1 Å². The van der Waals surface area contributed by atoms with Crippen LogP contribution in [0.5, 0.6) is 0 Å². The van der Waals surface area contributed by atoms with Crippen LogP contribution in [0.15, 0.2) is 18.2 Å². The number of halogens is 6. The van der Waals surface area contributed by atoms with E-state index in [0.717, 1.165) is 12.1 Å². The molecular weight excluding hydrogens is 302 g/mol. The number of benzene rings is 2. The van der Waals surface area contributed by atoms with Crippen LogP contribution in [0.3, 0.4) is 0 Å². The predicted molar refractivity (Wildman–Crippen MR) is 58.6 cm³/mol. The highest BCUT2D eigenvalue weighted by atomic mass is 19.2. The number of hydrogen-bond donors (Lipinski definition) is 1. The molecule has 0 aliphatic carbocycles. The van der Waals surface area contributed by atoms with Gasteiger partial charge in [-0.25, -0.2) is 31.1 Å². The Morgan fingerprint density at radius 2 is 1.29 bits per heavy atom. The molecule has 1 N–H and O–H groups in total. The van der Waals surface area contributed by atoms with E-state index in [1.54, 1.807) is 0 Å². The SMILES string of the molecule is O=C(O)c1c(F)cccc1-c1c(F)c(F)c(F)c(F)c1F. The molecule has 0 aromatic heterocycles. The largest absolute Gasteiger partial charge is 0.478 e. The summed E-state index contributed by atoms with van der Waals surface area (Å²) in [6, 6.07) is 2.30. The van der Waals surface area contributed by atoms with Gasteiger partial charge in [-0.15, -0.1) is 0 Å². The van der Waals surface area contributed by atoms with Crippen LogP contribution < -0.4 is 0 Å². The molecule has 0 heterocycles. The van der Waals surface area contributed by atoms with Crippen molar-refractivity contribution in [2.45, 2.75) is 0 Å². The molecule has 110 valence electrons. The first-order valence-electron chi connectivity index (χ1n) is 5.31. The normalized spacial score (nSPS) is 10.8. The van der Waals surface area contributed by atoms with Crippen molar-refractivity contribution in [1.29, 1.82) is 0 Å². The van der Waals surface area contributed by atoms with Gasteiger partial charge >= 0.3 is 5.97 Å². The molecule has 21 heavy (non-hydrogen) atoms. The van der Waals surface area contributed by atoms with Gasteiger partial charge in [0.15, 0.2) is 23.3 Å². The summed E-state index contributed by atoms with van der Waals surface area (Å²) in [6.45, 7) is 0. The van der Waals surface area contributed by atoms with Crippen molar-refractivity contribution in [3.05, 3.63) is 58.7 Å². The van der Waals surface area contributed by atoms with E-state index in [-0.39, 0.29) is 0 Å². The third kappa shape index (κ3) is 2.22. The van der Waals surface area contributed by atoms with Crippen LogP contribution in [0.25, 0.3) is 11.1 Å². The quantitative estimate of drug-likeness (QED) is 0.519. The van der Waals surface area contributed by atoms with Gasteiger partial charge in [-0.1, -0.05) is 12.1 Å². The third-order valence-electron chi connectivity index (χ3n) is 2.71. The maximum atomic E-state index is 13.6. The molecular formula is C13H4F6O2. The Morgan fingerprint density at radius 1 is 0.810 bits per heavy atom. The molecule has 0 unspecified atom stereocenters. The van der Waals surface area contributed by atoms with Gasteiger partial charge < -0.3 is 5.11 Å². The second-order valence-corrected chi connectivity index (χ2v) is 3.91. The summed E-state index contributed by atoms with van der Waals surface area (Å²) in [5, 5.41) is 8.84. The maximum absolute atomic E-state index is 13.6. The van der Waals surface area contributed by atoms with Crippen molar-refractivity contribution < 1.29 is 36.2 Å². The monoisotopic (exact) mass is 306 g/mol. The van der Waals surface area contributed by atoms with E-state index in [0.29, 0.717) is 6.07 Å². The van der Waals surface area contributed by atoms with Gasteiger partial charge in [0.25, 0.3) is 0 Å². The lowest BCUT2D eigenvalue weighted by Crippen LogP contribution is -2.09. The first-order valence-corrected chi connectivity index (χ1v) is 5.31. The number of hydrogen-bond acceptors (Lipinski definition) is 1. The second kappa shape index (κ2) is 5.12. The van der Waals surface area contributed by atoms with Gasteiger partial charge in [0.05, 0.1) is 5.56 Å². The number of carboxylic acid groups (broad SMARTS) is 1. The molecule has 0 spiro atoms. The molecule has 8 heteroatoms. The molecule has 0 aliphatic rings. The minimum Gasteiger partial charge on any atom is -0.478 e. The van der Waals surface area contributed by atoms with Crippen molar-refractivity contribution in [2.24, 2.45) is 0 Å². The molecule has 0 bridgehead atoms. The summed E-state index contributed by atoms with van der Waals surface area (Å²) in [4.78, 5) is 10.9. The molecule has 2 aromatic rings. The minimum absolute atomic E-state index is 0.680. The van der Waals surface area contributed by atoms with Crippen molar-refractivity contribution in [3.63, 3.8) is 0 Å². The van der Waals surface area contributed by atoms with Crippen LogP contribution in [0.1, 0.15) is 10.4 Å². The highest BCUT2D eigenvalue weighted by molar-refractivity contribution is 5.96. The molecule has 2 nitrogen and oxygen atoms in total. The van der Waals surface area contributed by atoms with Gasteiger partial charge in [-0.05, 0) is 6.07 Å². The predicted octanol–water partition coefficient (Wildman–Crippen LogP) is 3.89. The lowest BCUT2D eigenvalue weighted by Gasteiger charge is -2.11. The average Bonchev–Trinajstić information content (AvgIpc) is 2.43. The fourth-order valence-corrected chi connectivity index (χ4v) is 1.79. The lowest BCUT2D eigenvalue weighted by atomic mass is 9.97. The summed E-state index contributed by atoms with van der Waals surface area (Å²) in [6.07, 6.45) is 0. The molecule has 0 atom stereocenters. The molecule has 0 radical (unpaired) electrons. The Kier molecular flexibility index (Phi) is 3.63. The van der Waals surface area contributed by atoms with E-state index in [1.165, 1.54) is 0 Å². The number of carboxylic acids is 1. The fourth-order valence-electron chi connectivity index (χ4n) is 1.79. The Balaban J connectivity index is 2.93. The highest BCUT2D eigenvalue weighted by Gasteiger charge is 2.29. The molecule has 0 amide bonds. The Bertz CT molecular complexity index is 728. The molecule has 0 aliphatic heterocycles. The van der Waals surface area contributed by atoms with E-state index in [9.17, 15) is 31.1 Å². The topological polar surface area (TPSA) is 37.3 Å². The highest BCUT2D eigenvalue weighted by Crippen LogP contribution is 2.34. The van der Waals surface area contributed by atoms with E-state index < -0.39 is 57.6 Å². The van der Waals surface area contributed by atoms with Crippen LogP contribution in [0, 0.1) is 34.9 Å². The number of aromatic carboxylic acids is 1. The number of rotatable bonds is 2. The third-order valence-corrected chi connectivity index (χ3v) is 2.71. The molecule has 0 fully saturated rings. The average molecular weight is 306 g/mol. The van der Waals surface area contributed by atoms with E-state index in [4.69, 9.17) is 5.11 Å². The van der Waals surface area contributed by atoms with Crippen LogP contribution in [-0.4, -0.2) is 11.1 Å². The van der Waals surface area contributed by atoms with Crippen LogP contribution in [-0.2, 0) is 0 Å². The van der Waals surface area contributed by atoms with Gasteiger partial charge in [0.1, 0.15) is 11.4 Å². The van der Waals surface area contributed by atoms with Crippen molar-refractivity contribution in [2.75, 3.05) is 0 Å².